The van der Waals surface area contributed by atoms with Gasteiger partial charge in [-0.2, -0.15) is 5.10 Å². The summed E-state index contributed by atoms with van der Waals surface area (Å²) in [7, 11) is 0. The maximum Gasteiger partial charge on any atom is 0.271 e. The van der Waals surface area contributed by atoms with E-state index in [-0.39, 0.29) is 18.4 Å². The molecule has 4 aromatic carbocycles. The summed E-state index contributed by atoms with van der Waals surface area (Å²) in [6.45, 7) is 4.01. The number of para-hydroxylation sites is 2. The Labute approximate surface area is 278 Å². The summed E-state index contributed by atoms with van der Waals surface area (Å²) < 4.78 is 12.4. The number of nitrogens with one attached hydrogen (secondary N) is 3. The van der Waals surface area contributed by atoms with E-state index < -0.39 is 0 Å². The van der Waals surface area contributed by atoms with Crippen LogP contribution in [0.2, 0.25) is 0 Å². The maximum atomic E-state index is 12.7. The van der Waals surface area contributed by atoms with Crippen molar-refractivity contribution in [2.45, 2.75) is 13.8 Å². The Hall–Kier alpha value is -4.75. The van der Waals surface area contributed by atoms with Crippen LogP contribution >= 0.6 is 33.9 Å². The fourth-order valence-electron chi connectivity index (χ4n) is 4.23. The normalized spacial score (nSPS) is 10.8. The topological polar surface area (TPSA) is 114 Å². The number of hydrogen-bond donors (Lipinski definition) is 3. The number of carbonyl (C=O) groups excluding carboxylic acids is 2. The zero-order valence-electron chi connectivity index (χ0n) is 24.5. The van der Waals surface area contributed by atoms with Crippen LogP contribution in [0.4, 0.5) is 16.5 Å². The summed E-state index contributed by atoms with van der Waals surface area (Å²) >= 11 is 3.64. The third kappa shape index (κ3) is 8.67. The lowest BCUT2D eigenvalue weighted by Gasteiger charge is -2.15. The highest BCUT2D eigenvalue weighted by Crippen LogP contribution is 2.34. The molecule has 9 nitrogen and oxygen atoms in total. The van der Waals surface area contributed by atoms with Gasteiger partial charge in [-0.3, -0.25) is 9.59 Å². The van der Waals surface area contributed by atoms with E-state index in [2.05, 4.69) is 48.7 Å². The fourth-order valence-corrected chi connectivity index (χ4v) is 5.75. The summed E-state index contributed by atoms with van der Waals surface area (Å²) in [6.07, 6.45) is 1.53. The lowest BCUT2D eigenvalue weighted by atomic mass is 10.1. The lowest BCUT2D eigenvalue weighted by molar-refractivity contribution is -0.118. The molecule has 1 aromatic heterocycles. The number of rotatable bonds is 12. The van der Waals surface area contributed by atoms with E-state index in [1.54, 1.807) is 18.2 Å². The molecule has 2 amide bonds. The van der Waals surface area contributed by atoms with Crippen molar-refractivity contribution in [2.24, 2.45) is 5.10 Å². The maximum absolute atomic E-state index is 12.7. The SMILES string of the molecule is CCOc1cc(/C=N/NC(=O)c2ccc(-c3csc(Nc4ccccc4)n3)cc2)cc(I)c1OCC(=O)Nc1ccccc1C. The molecule has 0 aliphatic carbocycles. The number of anilines is 3. The first-order chi connectivity index (χ1) is 21.9. The van der Waals surface area contributed by atoms with Crippen molar-refractivity contribution in [1.29, 1.82) is 0 Å². The van der Waals surface area contributed by atoms with Crippen LogP contribution in [0.5, 0.6) is 11.5 Å². The van der Waals surface area contributed by atoms with Gasteiger partial charge in [0.2, 0.25) is 0 Å². The second kappa shape index (κ2) is 15.3. The number of aromatic nitrogens is 1. The molecular weight excluding hydrogens is 701 g/mol. The Balaban J connectivity index is 1.18. The first kappa shape index (κ1) is 31.7. The van der Waals surface area contributed by atoms with Gasteiger partial charge in [-0.25, -0.2) is 10.4 Å². The Morgan fingerprint density at radius 1 is 0.978 bits per heavy atom. The van der Waals surface area contributed by atoms with Gasteiger partial charge in [-0.1, -0.05) is 48.5 Å². The van der Waals surface area contributed by atoms with E-state index >= 15 is 0 Å². The predicted molar refractivity (Wildman–Crippen MR) is 188 cm³/mol. The average Bonchev–Trinajstić information content (AvgIpc) is 3.51. The summed E-state index contributed by atoms with van der Waals surface area (Å²) in [6, 6.07) is 28.2. The van der Waals surface area contributed by atoms with Gasteiger partial charge in [-0.05, 0) is 90.0 Å². The van der Waals surface area contributed by atoms with Gasteiger partial charge in [0.25, 0.3) is 11.8 Å². The predicted octanol–water partition coefficient (Wildman–Crippen LogP) is 7.65. The van der Waals surface area contributed by atoms with Crippen molar-refractivity contribution in [3.05, 3.63) is 117 Å². The molecule has 0 saturated heterocycles. The molecule has 0 aliphatic rings. The van der Waals surface area contributed by atoms with E-state index in [0.717, 1.165) is 36.9 Å². The van der Waals surface area contributed by atoms with Crippen LogP contribution in [0, 0.1) is 10.5 Å². The van der Waals surface area contributed by atoms with Crippen LogP contribution < -0.4 is 25.5 Å². The summed E-state index contributed by atoms with van der Waals surface area (Å²) in [5.74, 6) is 0.310. The van der Waals surface area contributed by atoms with E-state index in [0.29, 0.717) is 29.2 Å². The molecule has 0 aliphatic heterocycles. The number of nitrogens with zero attached hydrogens (tertiary/aromatic N) is 2. The van der Waals surface area contributed by atoms with Gasteiger partial charge in [-0.15, -0.1) is 11.3 Å². The molecule has 0 spiro atoms. The minimum Gasteiger partial charge on any atom is -0.490 e. The molecule has 3 N–H and O–H groups in total. The van der Waals surface area contributed by atoms with Crippen molar-refractivity contribution >= 4 is 68.5 Å². The van der Waals surface area contributed by atoms with Crippen molar-refractivity contribution in [2.75, 3.05) is 23.8 Å². The molecule has 0 saturated carbocycles. The zero-order chi connectivity index (χ0) is 31.6. The van der Waals surface area contributed by atoms with E-state index in [4.69, 9.17) is 9.47 Å². The number of aryl methyl sites for hydroxylation is 1. The number of hydrogen-bond acceptors (Lipinski definition) is 8. The number of amides is 2. The molecule has 0 fully saturated rings. The third-order valence-corrected chi connectivity index (χ3v) is 8.01. The molecule has 0 unspecified atom stereocenters. The van der Waals surface area contributed by atoms with Gasteiger partial charge >= 0.3 is 0 Å². The van der Waals surface area contributed by atoms with Crippen LogP contribution in [0.1, 0.15) is 28.4 Å². The summed E-state index contributed by atoms with van der Waals surface area (Å²) in [5.41, 5.74) is 8.12. The zero-order valence-corrected chi connectivity index (χ0v) is 27.5. The number of halogens is 1. The number of ether oxygens (including phenoxy) is 2. The summed E-state index contributed by atoms with van der Waals surface area (Å²) in [4.78, 5) is 29.9. The molecule has 5 rings (SSSR count). The molecule has 45 heavy (non-hydrogen) atoms. The van der Waals surface area contributed by atoms with Crippen molar-refractivity contribution in [3.63, 3.8) is 0 Å². The Bertz CT molecular complexity index is 1810. The molecule has 0 bridgehead atoms. The molecule has 11 heteroatoms. The molecule has 0 atom stereocenters. The Morgan fingerprint density at radius 2 is 1.73 bits per heavy atom. The first-order valence-corrected chi connectivity index (χ1v) is 16.0. The third-order valence-electron chi connectivity index (χ3n) is 6.45. The largest absolute Gasteiger partial charge is 0.490 e. The second-order valence-corrected chi connectivity index (χ2v) is 11.7. The number of carbonyl (C=O) groups is 2. The van der Waals surface area contributed by atoms with Gasteiger partial charge in [0.05, 0.1) is 22.1 Å². The van der Waals surface area contributed by atoms with Crippen molar-refractivity contribution < 1.29 is 19.1 Å². The Kier molecular flexibility index (Phi) is 10.8. The van der Waals surface area contributed by atoms with Crippen LogP contribution in [-0.4, -0.2) is 36.2 Å². The minimum absolute atomic E-state index is 0.180. The monoisotopic (exact) mass is 731 g/mol. The summed E-state index contributed by atoms with van der Waals surface area (Å²) in [5, 5.41) is 13.1. The van der Waals surface area contributed by atoms with E-state index in [9.17, 15) is 9.59 Å². The Morgan fingerprint density at radius 3 is 2.49 bits per heavy atom. The standard InChI is InChI=1S/C34H30IN5O4S/c1-3-43-30-18-23(17-27(35)32(30)44-20-31(41)38-28-12-8-7-9-22(28)2)19-36-40-33(42)25-15-13-24(14-16-25)29-21-45-34(39-29)37-26-10-5-4-6-11-26/h4-19,21H,3,20H2,1-2H3,(H,37,39)(H,38,41)(H,40,42)/b36-19+. The molecule has 0 radical (unpaired) electrons. The fraction of sp³-hybridized carbons (Fsp3) is 0.118. The van der Waals surface area contributed by atoms with Gasteiger partial charge in [0.15, 0.2) is 23.2 Å². The van der Waals surface area contributed by atoms with Gasteiger partial charge in [0.1, 0.15) is 0 Å². The molecule has 1 heterocycles. The lowest BCUT2D eigenvalue weighted by Crippen LogP contribution is -2.21. The molecule has 5 aromatic rings. The quantitative estimate of drug-likeness (QED) is 0.0691. The van der Waals surface area contributed by atoms with Crippen molar-refractivity contribution in [3.8, 4) is 22.8 Å². The van der Waals surface area contributed by atoms with Gasteiger partial charge in [0, 0.05) is 27.9 Å². The van der Waals surface area contributed by atoms with Crippen LogP contribution in [0.25, 0.3) is 11.3 Å². The smallest absolute Gasteiger partial charge is 0.271 e. The molecule has 228 valence electrons. The number of benzene rings is 4. The van der Waals surface area contributed by atoms with E-state index in [1.165, 1.54) is 17.6 Å². The number of hydrazone groups is 1. The average molecular weight is 732 g/mol. The first-order valence-electron chi connectivity index (χ1n) is 14.1. The highest BCUT2D eigenvalue weighted by Gasteiger charge is 2.15. The van der Waals surface area contributed by atoms with Crippen molar-refractivity contribution in [1.82, 2.24) is 10.4 Å². The van der Waals surface area contributed by atoms with Crippen LogP contribution in [-0.2, 0) is 4.79 Å². The minimum atomic E-state index is -0.346. The highest BCUT2D eigenvalue weighted by molar-refractivity contribution is 14.1. The number of thiazole rings is 1. The second-order valence-electron chi connectivity index (χ2n) is 9.72. The van der Waals surface area contributed by atoms with E-state index in [1.807, 2.05) is 92.0 Å². The molecular formula is C34H30IN5O4S. The van der Waals surface area contributed by atoms with Gasteiger partial charge < -0.3 is 20.1 Å². The highest BCUT2D eigenvalue weighted by atomic mass is 127. The van der Waals surface area contributed by atoms with Crippen LogP contribution in [0.3, 0.4) is 0 Å². The van der Waals surface area contributed by atoms with Crippen LogP contribution in [0.15, 0.2) is 101 Å².